The molecule has 0 saturated carbocycles. The van der Waals surface area contributed by atoms with Gasteiger partial charge in [-0.05, 0) is 36.4 Å². The van der Waals surface area contributed by atoms with Crippen LogP contribution < -0.4 is 24.8 Å². The number of anilines is 1. The average Bonchev–Trinajstić information content (AvgIpc) is 3.06. The number of carbonyl (C=O) groups excluding carboxylic acids is 2. The molecule has 1 heterocycles. The van der Waals surface area contributed by atoms with E-state index in [4.69, 9.17) is 19.9 Å². The predicted molar refractivity (Wildman–Crippen MR) is 128 cm³/mol. The van der Waals surface area contributed by atoms with Crippen molar-refractivity contribution in [3.63, 3.8) is 0 Å². The van der Waals surface area contributed by atoms with E-state index in [1.54, 1.807) is 36.4 Å². The van der Waals surface area contributed by atoms with Crippen molar-refractivity contribution in [2.75, 3.05) is 26.2 Å². The van der Waals surface area contributed by atoms with E-state index in [1.807, 2.05) is 0 Å². The van der Waals surface area contributed by atoms with E-state index in [2.05, 4.69) is 26.1 Å². The van der Waals surface area contributed by atoms with Gasteiger partial charge in [-0.3, -0.25) is 9.59 Å². The third-order valence-corrected chi connectivity index (χ3v) is 6.01. The zero-order chi connectivity index (χ0) is 23.3. The van der Waals surface area contributed by atoms with Gasteiger partial charge in [-0.25, -0.2) is 4.90 Å². The second kappa shape index (κ2) is 10.5. The van der Waals surface area contributed by atoms with E-state index in [1.165, 1.54) is 27.5 Å². The molecule has 1 atom stereocenters. The minimum Gasteiger partial charge on any atom is -0.493 e. The molecule has 1 aliphatic heterocycles. The van der Waals surface area contributed by atoms with Crippen LogP contribution in [0.5, 0.6) is 17.2 Å². The zero-order valence-electron chi connectivity index (χ0n) is 17.6. The van der Waals surface area contributed by atoms with Gasteiger partial charge in [0.05, 0.1) is 33.2 Å². The third kappa shape index (κ3) is 5.22. The first-order valence-corrected chi connectivity index (χ1v) is 11.0. The highest BCUT2D eigenvalue weighted by atomic mass is 79.9. The smallest absolute Gasteiger partial charge is 0.247 e. The van der Waals surface area contributed by atoms with Crippen LogP contribution in [0, 0.1) is 0 Å². The highest BCUT2D eigenvalue weighted by molar-refractivity contribution is 9.10. The second-order valence-corrected chi connectivity index (χ2v) is 8.63. The lowest BCUT2D eigenvalue weighted by Gasteiger charge is -2.14. The van der Waals surface area contributed by atoms with Crippen LogP contribution in [0.4, 0.5) is 5.69 Å². The molecule has 0 aromatic heterocycles. The Kier molecular flexibility index (Phi) is 7.75. The molecule has 32 heavy (non-hydrogen) atoms. The third-order valence-electron chi connectivity index (χ3n) is 4.50. The van der Waals surface area contributed by atoms with Crippen molar-refractivity contribution in [3.8, 4) is 17.2 Å². The van der Waals surface area contributed by atoms with Crippen LogP contribution in [0.25, 0.3) is 0 Å². The number of nitrogens with two attached hydrogens (primary N) is 1. The van der Waals surface area contributed by atoms with Crippen molar-refractivity contribution in [2.24, 2.45) is 15.9 Å². The molecule has 168 valence electrons. The van der Waals surface area contributed by atoms with E-state index in [9.17, 15) is 9.59 Å². The van der Waals surface area contributed by atoms with Gasteiger partial charge in [0.1, 0.15) is 5.25 Å². The molecule has 1 saturated heterocycles. The molecule has 2 aromatic carbocycles. The van der Waals surface area contributed by atoms with Crippen molar-refractivity contribution in [3.05, 3.63) is 46.4 Å². The number of nitrogens with zero attached hydrogens (tertiary/aromatic N) is 3. The lowest BCUT2D eigenvalue weighted by atomic mass is 10.2. The number of thioether (sulfide) groups is 1. The fraction of sp³-hybridized carbons (Fsp3) is 0.238. The minimum atomic E-state index is -0.661. The summed E-state index contributed by atoms with van der Waals surface area (Å²) in [5.41, 5.74) is 7.09. The number of halogens is 1. The molecule has 1 aliphatic rings. The Bertz CT molecular complexity index is 1050. The number of rotatable bonds is 7. The largest absolute Gasteiger partial charge is 0.493 e. The molecular formula is C21H21BrN4O5S. The van der Waals surface area contributed by atoms with Crippen molar-refractivity contribution in [2.45, 2.75) is 11.7 Å². The maximum absolute atomic E-state index is 12.7. The Balaban J connectivity index is 1.70. The SMILES string of the molecule is COc1cc(C=NN=C(N)SC2CC(=O)N(c3ccc(Br)cc3)C2=O)cc(OC)c1OC. The molecule has 0 aliphatic carbocycles. The number of methoxy groups -OCH3 is 3. The van der Waals surface area contributed by atoms with Crippen LogP contribution in [-0.2, 0) is 9.59 Å². The first kappa shape index (κ1) is 23.6. The van der Waals surface area contributed by atoms with Crippen molar-refractivity contribution in [1.29, 1.82) is 0 Å². The number of imide groups is 1. The van der Waals surface area contributed by atoms with Gasteiger partial charge in [0.2, 0.25) is 17.6 Å². The molecular weight excluding hydrogens is 500 g/mol. The summed E-state index contributed by atoms with van der Waals surface area (Å²) in [6, 6.07) is 10.4. The normalized spacial score (nSPS) is 16.7. The topological polar surface area (TPSA) is 116 Å². The van der Waals surface area contributed by atoms with Gasteiger partial charge in [0, 0.05) is 16.5 Å². The monoisotopic (exact) mass is 520 g/mol. The highest BCUT2D eigenvalue weighted by Gasteiger charge is 2.40. The average molecular weight is 521 g/mol. The summed E-state index contributed by atoms with van der Waals surface area (Å²) in [5.74, 6) is 0.786. The van der Waals surface area contributed by atoms with Crippen LogP contribution in [0.2, 0.25) is 0 Å². The van der Waals surface area contributed by atoms with Crippen molar-refractivity contribution >= 4 is 56.6 Å². The van der Waals surface area contributed by atoms with Crippen molar-refractivity contribution < 1.29 is 23.8 Å². The Morgan fingerprint density at radius 1 is 1.12 bits per heavy atom. The molecule has 1 unspecified atom stereocenters. The Labute approximate surface area is 197 Å². The van der Waals surface area contributed by atoms with Crippen LogP contribution >= 0.6 is 27.7 Å². The lowest BCUT2D eigenvalue weighted by Crippen LogP contribution is -2.31. The standard InChI is InChI=1S/C21H21BrN4O5S/c1-29-15-8-12(9-16(30-2)19(15)31-3)11-24-25-21(23)32-17-10-18(27)26(20(17)28)14-6-4-13(22)5-7-14/h4-9,11,17H,10H2,1-3H3,(H2,23,25). The zero-order valence-corrected chi connectivity index (χ0v) is 20.0. The number of hydrogen-bond donors (Lipinski definition) is 1. The van der Waals surface area contributed by atoms with E-state index >= 15 is 0 Å². The predicted octanol–water partition coefficient (Wildman–Crippen LogP) is 3.19. The van der Waals surface area contributed by atoms with E-state index < -0.39 is 5.25 Å². The van der Waals surface area contributed by atoms with E-state index in [0.717, 1.165) is 21.1 Å². The summed E-state index contributed by atoms with van der Waals surface area (Å²) < 4.78 is 16.7. The van der Waals surface area contributed by atoms with Gasteiger partial charge in [0.25, 0.3) is 0 Å². The number of amides is 2. The fourth-order valence-corrected chi connectivity index (χ4v) is 4.14. The van der Waals surface area contributed by atoms with Gasteiger partial charge < -0.3 is 19.9 Å². The highest BCUT2D eigenvalue weighted by Crippen LogP contribution is 2.37. The number of carbonyl (C=O) groups is 2. The Morgan fingerprint density at radius 3 is 2.31 bits per heavy atom. The first-order chi connectivity index (χ1) is 15.4. The molecule has 2 N–H and O–H groups in total. The summed E-state index contributed by atoms with van der Waals surface area (Å²) in [5, 5.41) is 7.31. The lowest BCUT2D eigenvalue weighted by molar-refractivity contribution is -0.121. The molecule has 1 fully saturated rings. The molecule has 2 amide bonds. The summed E-state index contributed by atoms with van der Waals surface area (Å²) in [6.07, 6.45) is 1.50. The molecule has 0 bridgehead atoms. The number of amidine groups is 1. The first-order valence-electron chi connectivity index (χ1n) is 9.33. The van der Waals surface area contributed by atoms with Gasteiger partial charge in [0.15, 0.2) is 16.7 Å². The maximum Gasteiger partial charge on any atom is 0.247 e. The van der Waals surface area contributed by atoms with Gasteiger partial charge in [-0.2, -0.15) is 5.10 Å². The maximum atomic E-state index is 12.7. The number of ether oxygens (including phenoxy) is 3. The van der Waals surface area contributed by atoms with E-state index in [-0.39, 0.29) is 23.4 Å². The molecule has 2 aromatic rings. The molecule has 3 rings (SSSR count). The van der Waals surface area contributed by atoms with Crippen LogP contribution in [0.15, 0.2) is 51.1 Å². The van der Waals surface area contributed by atoms with Crippen molar-refractivity contribution in [1.82, 2.24) is 0 Å². The molecule has 0 spiro atoms. The summed E-state index contributed by atoms with van der Waals surface area (Å²) in [6.45, 7) is 0. The van der Waals surface area contributed by atoms with E-state index in [0.29, 0.717) is 28.5 Å². The fourth-order valence-electron chi connectivity index (χ4n) is 3.06. The molecule has 11 heteroatoms. The number of benzene rings is 2. The van der Waals surface area contributed by atoms with Crippen LogP contribution in [0.1, 0.15) is 12.0 Å². The summed E-state index contributed by atoms with van der Waals surface area (Å²) in [4.78, 5) is 26.3. The Hall–Kier alpha value is -3.05. The van der Waals surface area contributed by atoms with Gasteiger partial charge in [-0.15, -0.1) is 5.10 Å². The summed E-state index contributed by atoms with van der Waals surface area (Å²) in [7, 11) is 4.55. The number of hydrogen-bond acceptors (Lipinski definition) is 8. The molecule has 0 radical (unpaired) electrons. The van der Waals surface area contributed by atoms with Gasteiger partial charge >= 0.3 is 0 Å². The van der Waals surface area contributed by atoms with Crippen LogP contribution in [0.3, 0.4) is 0 Å². The van der Waals surface area contributed by atoms with Gasteiger partial charge in [-0.1, -0.05) is 27.7 Å². The quantitative estimate of drug-likeness (QED) is 0.258. The summed E-state index contributed by atoms with van der Waals surface area (Å²) >= 11 is 4.34. The van der Waals surface area contributed by atoms with Crippen LogP contribution in [-0.4, -0.2) is 49.8 Å². The molecule has 9 nitrogen and oxygen atoms in total. The Morgan fingerprint density at radius 2 is 1.75 bits per heavy atom. The second-order valence-electron chi connectivity index (χ2n) is 6.50. The minimum absolute atomic E-state index is 0.0341.